The van der Waals surface area contributed by atoms with E-state index in [2.05, 4.69) is 5.32 Å². The van der Waals surface area contributed by atoms with E-state index in [0.29, 0.717) is 6.54 Å². The van der Waals surface area contributed by atoms with Crippen molar-refractivity contribution in [3.8, 4) is 0 Å². The second-order valence-electron chi connectivity index (χ2n) is 5.92. The van der Waals surface area contributed by atoms with Gasteiger partial charge in [-0.15, -0.1) is 0 Å². The van der Waals surface area contributed by atoms with Gasteiger partial charge in [-0.3, -0.25) is 4.79 Å². The Labute approximate surface area is 137 Å². The Bertz CT molecular complexity index is 673. The zero-order valence-electron chi connectivity index (χ0n) is 13.5. The van der Waals surface area contributed by atoms with Crippen LogP contribution in [-0.4, -0.2) is 27.0 Å². The van der Waals surface area contributed by atoms with Gasteiger partial charge in [0, 0.05) is 13.2 Å². The normalized spacial score (nSPS) is 21.9. The van der Waals surface area contributed by atoms with Gasteiger partial charge in [0.1, 0.15) is 0 Å². The number of nitrogens with two attached hydrogens (primary N) is 1. The number of carbonyl (C=O) groups is 1. The molecule has 2 rings (SSSR count). The Hall–Kier alpha value is -1.44. The lowest BCUT2D eigenvalue weighted by atomic mass is 9.91. The second kappa shape index (κ2) is 7.42. The highest BCUT2D eigenvalue weighted by molar-refractivity contribution is 7.89. The number of ether oxygens (including phenoxy) is 1. The van der Waals surface area contributed by atoms with Crippen molar-refractivity contribution in [2.24, 2.45) is 11.1 Å². The van der Waals surface area contributed by atoms with Gasteiger partial charge in [0.05, 0.1) is 16.9 Å². The minimum atomic E-state index is -3.71. The van der Waals surface area contributed by atoms with Crippen molar-refractivity contribution in [3.05, 3.63) is 29.3 Å². The molecule has 1 fully saturated rings. The van der Waals surface area contributed by atoms with E-state index in [9.17, 15) is 13.2 Å². The number of nitrogens with one attached hydrogen (secondary N) is 1. The summed E-state index contributed by atoms with van der Waals surface area (Å²) in [4.78, 5) is 12.5. The molecular formula is C16H24N2O4S. The molecule has 1 aromatic rings. The molecule has 0 spiro atoms. The highest BCUT2D eigenvalue weighted by Gasteiger charge is 2.30. The number of carbonyl (C=O) groups excluding carboxylic acids is 1. The lowest BCUT2D eigenvalue weighted by molar-refractivity contribution is -0.134. The number of benzene rings is 1. The summed E-state index contributed by atoms with van der Waals surface area (Å²) in [5, 5.41) is 8.05. The molecule has 0 bridgehead atoms. The quantitative estimate of drug-likeness (QED) is 0.848. The number of primary sulfonamides is 1. The summed E-state index contributed by atoms with van der Waals surface area (Å²) >= 11 is 0. The van der Waals surface area contributed by atoms with Crippen molar-refractivity contribution in [2.45, 2.75) is 50.7 Å². The van der Waals surface area contributed by atoms with Crippen LogP contribution in [0.4, 0.5) is 0 Å². The van der Waals surface area contributed by atoms with Crippen LogP contribution in [0.3, 0.4) is 0 Å². The Morgan fingerprint density at radius 3 is 2.78 bits per heavy atom. The van der Waals surface area contributed by atoms with E-state index in [4.69, 9.17) is 9.88 Å². The molecule has 1 aromatic carbocycles. The average molecular weight is 340 g/mol. The van der Waals surface area contributed by atoms with Gasteiger partial charge in [0.2, 0.25) is 15.9 Å². The predicted molar refractivity (Wildman–Crippen MR) is 87.2 cm³/mol. The molecule has 0 unspecified atom stereocenters. The van der Waals surface area contributed by atoms with Gasteiger partial charge in [-0.1, -0.05) is 13.0 Å². The monoisotopic (exact) mass is 340 g/mol. The van der Waals surface area contributed by atoms with Crippen molar-refractivity contribution >= 4 is 15.9 Å². The molecule has 2 atom stereocenters. The fourth-order valence-corrected chi connectivity index (χ4v) is 3.50. The van der Waals surface area contributed by atoms with E-state index in [1.165, 1.54) is 12.1 Å². The van der Waals surface area contributed by atoms with Crippen LogP contribution < -0.4 is 10.5 Å². The Morgan fingerprint density at radius 2 is 2.17 bits per heavy atom. The van der Waals surface area contributed by atoms with Crippen molar-refractivity contribution in [2.75, 3.05) is 6.61 Å². The molecule has 1 saturated heterocycles. The van der Waals surface area contributed by atoms with E-state index >= 15 is 0 Å². The first kappa shape index (κ1) is 17.9. The summed E-state index contributed by atoms with van der Waals surface area (Å²) in [5.41, 5.74) is 1.65. The standard InChI is InChI=1S/C16H24N2O4S/c1-3-15-14(5-4-8-22-15)16(19)18-10-12-6-7-13(9-11(12)2)23(17,20)21/h6-7,9,14-15H,3-5,8,10H2,1-2H3,(H,18,19)(H2,17,20,21)/t14-,15-/m0/s1. The number of rotatable bonds is 5. The molecular weight excluding hydrogens is 316 g/mol. The first-order chi connectivity index (χ1) is 10.8. The minimum absolute atomic E-state index is 0.00790. The SMILES string of the molecule is CC[C@@H]1OCCC[C@@H]1C(=O)NCc1ccc(S(N)(=O)=O)cc1C. The molecule has 7 heteroatoms. The van der Waals surface area contributed by atoms with Gasteiger partial charge in [-0.25, -0.2) is 13.6 Å². The smallest absolute Gasteiger partial charge is 0.238 e. The Morgan fingerprint density at radius 1 is 1.43 bits per heavy atom. The molecule has 23 heavy (non-hydrogen) atoms. The van der Waals surface area contributed by atoms with Gasteiger partial charge in [-0.2, -0.15) is 0 Å². The summed E-state index contributed by atoms with van der Waals surface area (Å²) in [6.07, 6.45) is 2.54. The fourth-order valence-electron chi connectivity index (χ4n) is 2.90. The zero-order valence-corrected chi connectivity index (χ0v) is 14.4. The molecule has 0 aromatic heterocycles. The third-order valence-electron chi connectivity index (χ3n) is 4.27. The molecule has 0 saturated carbocycles. The van der Waals surface area contributed by atoms with Gasteiger partial charge in [-0.05, 0) is 49.4 Å². The maximum absolute atomic E-state index is 12.4. The summed E-state index contributed by atoms with van der Waals surface area (Å²) in [7, 11) is -3.71. The topological polar surface area (TPSA) is 98.5 Å². The van der Waals surface area contributed by atoms with Crippen LogP contribution in [0.25, 0.3) is 0 Å². The second-order valence-corrected chi connectivity index (χ2v) is 7.48. The van der Waals surface area contributed by atoms with Crippen LogP contribution in [0, 0.1) is 12.8 Å². The van der Waals surface area contributed by atoms with Crippen LogP contribution in [0.15, 0.2) is 23.1 Å². The van der Waals surface area contributed by atoms with Gasteiger partial charge >= 0.3 is 0 Å². The summed E-state index contributed by atoms with van der Waals surface area (Å²) in [6, 6.07) is 4.67. The number of amides is 1. The van der Waals surface area contributed by atoms with E-state index in [-0.39, 0.29) is 22.8 Å². The molecule has 3 N–H and O–H groups in total. The molecule has 6 nitrogen and oxygen atoms in total. The van der Waals surface area contributed by atoms with E-state index in [1.807, 2.05) is 6.92 Å². The molecule has 1 amide bonds. The zero-order chi connectivity index (χ0) is 17.0. The molecule has 0 aliphatic carbocycles. The molecule has 128 valence electrons. The molecule has 1 heterocycles. The van der Waals surface area contributed by atoms with Crippen LogP contribution in [-0.2, 0) is 26.1 Å². The fraction of sp³-hybridized carbons (Fsp3) is 0.562. The van der Waals surface area contributed by atoms with E-state index < -0.39 is 10.0 Å². The van der Waals surface area contributed by atoms with Crippen molar-refractivity contribution in [1.29, 1.82) is 0 Å². The number of hydrogen-bond acceptors (Lipinski definition) is 4. The van der Waals surface area contributed by atoms with Gasteiger partial charge < -0.3 is 10.1 Å². The van der Waals surface area contributed by atoms with Crippen molar-refractivity contribution in [1.82, 2.24) is 5.32 Å². The summed E-state index contributed by atoms with van der Waals surface area (Å²) in [6.45, 7) is 4.90. The van der Waals surface area contributed by atoms with Crippen molar-refractivity contribution < 1.29 is 17.9 Å². The largest absolute Gasteiger partial charge is 0.377 e. The van der Waals surface area contributed by atoms with Gasteiger partial charge in [0.25, 0.3) is 0 Å². The molecule has 0 radical (unpaired) electrons. The maximum atomic E-state index is 12.4. The van der Waals surface area contributed by atoms with Crippen LogP contribution in [0.2, 0.25) is 0 Å². The lowest BCUT2D eigenvalue weighted by Gasteiger charge is -2.30. The molecule has 1 aliphatic heterocycles. The maximum Gasteiger partial charge on any atom is 0.238 e. The number of sulfonamides is 1. The third-order valence-corrected chi connectivity index (χ3v) is 5.19. The Kier molecular flexibility index (Phi) is 5.78. The Balaban J connectivity index is 2.01. The van der Waals surface area contributed by atoms with Crippen LogP contribution in [0.1, 0.15) is 37.3 Å². The van der Waals surface area contributed by atoms with Crippen LogP contribution >= 0.6 is 0 Å². The third kappa shape index (κ3) is 4.53. The lowest BCUT2D eigenvalue weighted by Crippen LogP contribution is -2.41. The number of aryl methyl sites for hydroxylation is 1. The molecule has 1 aliphatic rings. The van der Waals surface area contributed by atoms with Crippen LogP contribution in [0.5, 0.6) is 0 Å². The highest BCUT2D eigenvalue weighted by Crippen LogP contribution is 2.23. The minimum Gasteiger partial charge on any atom is -0.377 e. The van der Waals surface area contributed by atoms with Crippen molar-refractivity contribution in [3.63, 3.8) is 0 Å². The summed E-state index contributed by atoms with van der Waals surface area (Å²) < 4.78 is 28.3. The first-order valence-electron chi connectivity index (χ1n) is 7.84. The predicted octanol–water partition coefficient (Wildman–Crippen LogP) is 1.46. The van der Waals surface area contributed by atoms with E-state index in [1.54, 1.807) is 13.0 Å². The number of hydrogen-bond donors (Lipinski definition) is 2. The first-order valence-corrected chi connectivity index (χ1v) is 9.39. The summed E-state index contributed by atoms with van der Waals surface area (Å²) in [5.74, 6) is -0.121. The van der Waals surface area contributed by atoms with E-state index in [0.717, 1.165) is 37.0 Å². The highest BCUT2D eigenvalue weighted by atomic mass is 32.2. The average Bonchev–Trinajstić information content (AvgIpc) is 2.52. The van der Waals surface area contributed by atoms with Gasteiger partial charge in [0.15, 0.2) is 0 Å².